The number of nitrogens with one attached hydrogen (secondary N) is 2. The first-order chi connectivity index (χ1) is 10.5. The summed E-state index contributed by atoms with van der Waals surface area (Å²) in [7, 11) is 0. The Labute approximate surface area is 137 Å². The van der Waals surface area contributed by atoms with E-state index in [0.717, 1.165) is 19.4 Å². The van der Waals surface area contributed by atoms with Crippen molar-refractivity contribution in [1.29, 1.82) is 0 Å². The molecule has 0 aromatic rings. The lowest BCUT2D eigenvalue weighted by molar-refractivity contribution is 0.163. The van der Waals surface area contributed by atoms with E-state index in [1.54, 1.807) is 0 Å². The third kappa shape index (κ3) is 5.06. The van der Waals surface area contributed by atoms with E-state index in [2.05, 4.69) is 51.2 Å². The molecule has 7 unspecified atom stereocenters. The molecule has 1 saturated heterocycles. The van der Waals surface area contributed by atoms with E-state index in [1.807, 2.05) is 6.92 Å². The first kappa shape index (κ1) is 19.6. The number of rotatable bonds is 8. The van der Waals surface area contributed by atoms with Gasteiger partial charge in [-0.25, -0.2) is 4.39 Å². The van der Waals surface area contributed by atoms with Crippen LogP contribution >= 0.6 is 0 Å². The molecular weight excluding hydrogens is 275 g/mol. The molecule has 1 fully saturated rings. The van der Waals surface area contributed by atoms with Crippen molar-refractivity contribution in [3.8, 4) is 0 Å². The van der Waals surface area contributed by atoms with Crippen LogP contribution in [0.4, 0.5) is 4.39 Å². The highest BCUT2D eigenvalue weighted by Crippen LogP contribution is 2.35. The first-order valence-electron chi connectivity index (χ1n) is 9.21. The molecule has 0 aromatic carbocycles. The van der Waals surface area contributed by atoms with E-state index < -0.39 is 6.17 Å². The van der Waals surface area contributed by atoms with Crippen LogP contribution < -0.4 is 10.9 Å². The minimum atomic E-state index is -0.640. The summed E-state index contributed by atoms with van der Waals surface area (Å²) < 4.78 is 13.6. The predicted molar refractivity (Wildman–Crippen MR) is 94.3 cm³/mol. The van der Waals surface area contributed by atoms with Crippen LogP contribution in [0.5, 0.6) is 0 Å². The molecule has 0 radical (unpaired) electrons. The van der Waals surface area contributed by atoms with Gasteiger partial charge in [0.15, 0.2) is 0 Å². The molecular formula is C19H37FN2. The van der Waals surface area contributed by atoms with Crippen LogP contribution in [-0.4, -0.2) is 18.8 Å². The van der Waals surface area contributed by atoms with Crippen LogP contribution in [-0.2, 0) is 0 Å². The third-order valence-electron chi connectivity index (χ3n) is 6.05. The fourth-order valence-corrected chi connectivity index (χ4v) is 3.97. The number of hydrogen-bond acceptors (Lipinski definition) is 2. The molecule has 0 amide bonds. The second-order valence-electron chi connectivity index (χ2n) is 7.28. The fraction of sp³-hybridized carbons (Fsp3) is 0.895. The lowest BCUT2D eigenvalue weighted by Gasteiger charge is -2.36. The zero-order chi connectivity index (χ0) is 16.7. The maximum absolute atomic E-state index is 13.6. The molecule has 22 heavy (non-hydrogen) atoms. The van der Waals surface area contributed by atoms with Gasteiger partial charge in [0.1, 0.15) is 0 Å². The quantitative estimate of drug-likeness (QED) is 0.633. The molecule has 1 heterocycles. The van der Waals surface area contributed by atoms with Crippen molar-refractivity contribution in [3.63, 3.8) is 0 Å². The summed E-state index contributed by atoms with van der Waals surface area (Å²) in [4.78, 5) is 0. The predicted octanol–water partition coefficient (Wildman–Crippen LogP) is 4.73. The highest BCUT2D eigenvalue weighted by Gasteiger charge is 2.36. The van der Waals surface area contributed by atoms with Crippen molar-refractivity contribution >= 4 is 0 Å². The molecule has 0 spiro atoms. The molecule has 0 aromatic heterocycles. The lowest BCUT2D eigenvalue weighted by Crippen LogP contribution is -2.48. The summed E-state index contributed by atoms with van der Waals surface area (Å²) in [6.45, 7) is 16.1. The van der Waals surface area contributed by atoms with E-state index in [4.69, 9.17) is 0 Å². The van der Waals surface area contributed by atoms with Gasteiger partial charge in [-0.15, -0.1) is 6.58 Å². The molecule has 0 bridgehead atoms. The minimum absolute atomic E-state index is 0.449. The van der Waals surface area contributed by atoms with Crippen LogP contribution in [0.15, 0.2) is 12.7 Å². The number of halogens is 1. The highest BCUT2D eigenvalue weighted by atomic mass is 19.1. The average molecular weight is 313 g/mol. The van der Waals surface area contributed by atoms with Gasteiger partial charge < -0.3 is 0 Å². The van der Waals surface area contributed by atoms with E-state index in [0.29, 0.717) is 48.5 Å². The molecule has 0 aliphatic carbocycles. The average Bonchev–Trinajstić information content (AvgIpc) is 2.66. The van der Waals surface area contributed by atoms with Gasteiger partial charge >= 0.3 is 0 Å². The van der Waals surface area contributed by atoms with Crippen LogP contribution in [0, 0.1) is 29.6 Å². The Balaban J connectivity index is 2.73. The summed E-state index contributed by atoms with van der Waals surface area (Å²) in [5.74, 6) is 2.82. The smallest absolute Gasteiger partial charge is 0.0999 e. The molecule has 2 nitrogen and oxygen atoms in total. The zero-order valence-corrected chi connectivity index (χ0v) is 15.2. The summed E-state index contributed by atoms with van der Waals surface area (Å²) in [5, 5.41) is 0. The first-order valence-corrected chi connectivity index (χ1v) is 9.21. The van der Waals surface area contributed by atoms with Crippen molar-refractivity contribution in [2.45, 2.75) is 72.5 Å². The lowest BCUT2D eigenvalue weighted by atomic mass is 9.72. The Morgan fingerprint density at radius 1 is 1.23 bits per heavy atom. The topological polar surface area (TPSA) is 24.1 Å². The Morgan fingerprint density at radius 2 is 1.91 bits per heavy atom. The van der Waals surface area contributed by atoms with Gasteiger partial charge in [0.25, 0.3) is 0 Å². The van der Waals surface area contributed by atoms with Crippen molar-refractivity contribution in [2.24, 2.45) is 29.6 Å². The largest absolute Gasteiger partial charge is 0.257 e. The third-order valence-corrected chi connectivity index (χ3v) is 6.05. The molecule has 3 heteroatoms. The van der Waals surface area contributed by atoms with Crippen molar-refractivity contribution in [2.75, 3.05) is 6.54 Å². The van der Waals surface area contributed by atoms with Crippen molar-refractivity contribution in [1.82, 2.24) is 10.9 Å². The number of allylic oxidation sites excluding steroid dienone is 1. The van der Waals surface area contributed by atoms with Gasteiger partial charge in [-0.1, -0.05) is 47.1 Å². The van der Waals surface area contributed by atoms with Crippen molar-refractivity contribution < 1.29 is 4.39 Å². The van der Waals surface area contributed by atoms with Crippen LogP contribution in [0.2, 0.25) is 0 Å². The number of hydrazine groups is 1. The van der Waals surface area contributed by atoms with Gasteiger partial charge in [0.05, 0.1) is 6.17 Å². The van der Waals surface area contributed by atoms with E-state index in [1.165, 1.54) is 0 Å². The maximum atomic E-state index is 13.6. The van der Waals surface area contributed by atoms with Crippen LogP contribution in [0.1, 0.15) is 60.3 Å². The second-order valence-corrected chi connectivity index (χ2v) is 7.28. The molecule has 7 atom stereocenters. The fourth-order valence-electron chi connectivity index (χ4n) is 3.97. The van der Waals surface area contributed by atoms with E-state index in [-0.39, 0.29) is 0 Å². The Hall–Kier alpha value is -0.410. The molecule has 0 saturated carbocycles. The van der Waals surface area contributed by atoms with Gasteiger partial charge in [-0.3, -0.25) is 10.9 Å². The minimum Gasteiger partial charge on any atom is -0.257 e. The number of hydrogen-bond donors (Lipinski definition) is 2. The molecule has 1 aliphatic rings. The van der Waals surface area contributed by atoms with Crippen molar-refractivity contribution in [3.05, 3.63) is 12.7 Å². The standard InChI is InChI=1S/C19H37FN2/c1-7-13(4)18(9-3)19-15(6)14(5)16(12-21-22-19)10-11-17(20)8-2/h7,13-19,21-22H,1,8-12H2,2-6H3. The Kier molecular flexibility index (Phi) is 8.63. The summed E-state index contributed by atoms with van der Waals surface area (Å²) in [5.41, 5.74) is 7.01. The Bertz CT molecular complexity index is 321. The van der Waals surface area contributed by atoms with E-state index >= 15 is 0 Å². The summed E-state index contributed by atoms with van der Waals surface area (Å²) in [6.07, 6.45) is 4.90. The summed E-state index contributed by atoms with van der Waals surface area (Å²) in [6, 6.07) is 0.449. The number of alkyl halides is 1. The van der Waals surface area contributed by atoms with Gasteiger partial charge in [-0.05, 0) is 48.9 Å². The molecule has 130 valence electrons. The van der Waals surface area contributed by atoms with Gasteiger partial charge in [0, 0.05) is 12.6 Å². The van der Waals surface area contributed by atoms with Crippen LogP contribution in [0.25, 0.3) is 0 Å². The second kappa shape index (κ2) is 9.67. The molecule has 1 aliphatic heterocycles. The molecule has 1 rings (SSSR count). The molecule has 2 N–H and O–H groups in total. The SMILES string of the molecule is C=CC(C)C(CC)C1NNCC(CCC(F)CC)C(C)C1C. The zero-order valence-electron chi connectivity index (χ0n) is 15.2. The normalized spacial score (nSPS) is 33.7. The monoisotopic (exact) mass is 312 g/mol. The summed E-state index contributed by atoms with van der Waals surface area (Å²) >= 11 is 0. The van der Waals surface area contributed by atoms with Gasteiger partial charge in [-0.2, -0.15) is 0 Å². The Morgan fingerprint density at radius 3 is 2.45 bits per heavy atom. The maximum Gasteiger partial charge on any atom is 0.0999 e. The highest BCUT2D eigenvalue weighted by molar-refractivity contribution is 4.93. The van der Waals surface area contributed by atoms with Gasteiger partial charge in [0.2, 0.25) is 0 Å². The van der Waals surface area contributed by atoms with Crippen LogP contribution in [0.3, 0.4) is 0 Å². The van der Waals surface area contributed by atoms with E-state index in [9.17, 15) is 4.39 Å².